The SMILES string of the molecule is CCCNc1ccncc1C(=O)Nc1nc(C)no1. The summed E-state index contributed by atoms with van der Waals surface area (Å²) < 4.78 is 4.84. The molecule has 100 valence electrons. The Morgan fingerprint density at radius 1 is 1.47 bits per heavy atom. The van der Waals surface area contributed by atoms with Crippen LogP contribution in [0, 0.1) is 6.92 Å². The lowest BCUT2D eigenvalue weighted by Crippen LogP contribution is -2.15. The van der Waals surface area contributed by atoms with E-state index in [0.29, 0.717) is 11.4 Å². The maximum atomic E-state index is 12.1. The molecule has 0 bridgehead atoms. The first-order valence-corrected chi connectivity index (χ1v) is 6.00. The summed E-state index contributed by atoms with van der Waals surface area (Å²) >= 11 is 0. The summed E-state index contributed by atoms with van der Waals surface area (Å²) in [6.07, 6.45) is 4.09. The van der Waals surface area contributed by atoms with Crippen molar-refractivity contribution < 1.29 is 9.32 Å². The molecule has 2 aromatic heterocycles. The molecule has 0 aliphatic carbocycles. The third-order valence-corrected chi connectivity index (χ3v) is 2.38. The summed E-state index contributed by atoms with van der Waals surface area (Å²) in [5.41, 5.74) is 1.16. The fourth-order valence-corrected chi connectivity index (χ4v) is 1.50. The highest BCUT2D eigenvalue weighted by molar-refractivity contribution is 6.06. The molecule has 7 heteroatoms. The largest absolute Gasteiger partial charge is 0.384 e. The second-order valence-electron chi connectivity index (χ2n) is 3.95. The molecule has 0 fully saturated rings. The minimum atomic E-state index is -0.338. The van der Waals surface area contributed by atoms with Gasteiger partial charge in [0.15, 0.2) is 5.82 Å². The average molecular weight is 261 g/mol. The highest BCUT2D eigenvalue weighted by Crippen LogP contribution is 2.15. The van der Waals surface area contributed by atoms with Gasteiger partial charge in [-0.05, 0) is 19.4 Å². The first kappa shape index (κ1) is 13.0. The number of nitrogens with zero attached hydrogens (tertiary/aromatic N) is 3. The van der Waals surface area contributed by atoms with Crippen molar-refractivity contribution in [3.05, 3.63) is 29.8 Å². The standard InChI is InChI=1S/C12H15N5O2/c1-3-5-14-10-4-6-13-7-9(10)11(18)16-12-15-8(2)17-19-12/h4,6-7H,3,5H2,1-2H3,(H,13,14)(H,15,16,17,18). The van der Waals surface area contributed by atoms with Crippen LogP contribution in [0.25, 0.3) is 0 Å². The quantitative estimate of drug-likeness (QED) is 0.853. The van der Waals surface area contributed by atoms with Gasteiger partial charge in [0.2, 0.25) is 0 Å². The highest BCUT2D eigenvalue weighted by Gasteiger charge is 2.14. The third-order valence-electron chi connectivity index (χ3n) is 2.38. The fraction of sp³-hybridized carbons (Fsp3) is 0.333. The van der Waals surface area contributed by atoms with Crippen LogP contribution in [-0.4, -0.2) is 27.6 Å². The number of hydrogen-bond donors (Lipinski definition) is 2. The molecule has 0 saturated heterocycles. The number of aryl methyl sites for hydroxylation is 1. The Kier molecular flexibility index (Phi) is 4.07. The van der Waals surface area contributed by atoms with Gasteiger partial charge >= 0.3 is 6.01 Å². The molecule has 0 saturated carbocycles. The summed E-state index contributed by atoms with van der Waals surface area (Å²) in [4.78, 5) is 20.0. The molecule has 7 nitrogen and oxygen atoms in total. The number of pyridine rings is 1. The lowest BCUT2D eigenvalue weighted by Gasteiger charge is -2.09. The van der Waals surface area contributed by atoms with Gasteiger partial charge in [-0.15, -0.1) is 0 Å². The van der Waals surface area contributed by atoms with Gasteiger partial charge in [-0.2, -0.15) is 4.98 Å². The highest BCUT2D eigenvalue weighted by atomic mass is 16.5. The van der Waals surface area contributed by atoms with Crippen LogP contribution in [0.3, 0.4) is 0 Å². The Hall–Kier alpha value is -2.44. The molecule has 0 aromatic carbocycles. The van der Waals surface area contributed by atoms with Gasteiger partial charge in [-0.1, -0.05) is 12.1 Å². The molecular weight excluding hydrogens is 246 g/mol. The predicted octanol–water partition coefficient (Wildman–Crippen LogP) is 1.85. The number of nitrogens with one attached hydrogen (secondary N) is 2. The van der Waals surface area contributed by atoms with Gasteiger partial charge in [-0.25, -0.2) is 0 Å². The zero-order valence-electron chi connectivity index (χ0n) is 10.8. The van der Waals surface area contributed by atoms with Crippen molar-refractivity contribution in [2.45, 2.75) is 20.3 Å². The van der Waals surface area contributed by atoms with Crippen molar-refractivity contribution in [3.63, 3.8) is 0 Å². The van der Waals surface area contributed by atoms with Crippen LogP contribution < -0.4 is 10.6 Å². The minimum absolute atomic E-state index is 0.0767. The number of amides is 1. The number of aromatic nitrogens is 3. The lowest BCUT2D eigenvalue weighted by molar-refractivity contribution is 0.102. The van der Waals surface area contributed by atoms with Gasteiger partial charge in [0.05, 0.1) is 11.3 Å². The Bertz CT molecular complexity index is 567. The molecule has 19 heavy (non-hydrogen) atoms. The molecule has 1 amide bonds. The van der Waals surface area contributed by atoms with E-state index >= 15 is 0 Å². The summed E-state index contributed by atoms with van der Waals surface area (Å²) in [6, 6.07) is 1.83. The van der Waals surface area contributed by atoms with Gasteiger partial charge < -0.3 is 9.84 Å². The molecule has 0 atom stereocenters. The topological polar surface area (TPSA) is 92.9 Å². The van der Waals surface area contributed by atoms with Crippen LogP contribution in [0.15, 0.2) is 23.0 Å². The molecule has 0 unspecified atom stereocenters. The van der Waals surface area contributed by atoms with E-state index in [9.17, 15) is 4.79 Å². The summed E-state index contributed by atoms with van der Waals surface area (Å²) in [6.45, 7) is 4.51. The van der Waals surface area contributed by atoms with E-state index in [1.54, 1.807) is 19.2 Å². The monoisotopic (exact) mass is 261 g/mol. The molecule has 0 radical (unpaired) electrons. The summed E-state index contributed by atoms with van der Waals surface area (Å²) in [7, 11) is 0. The smallest absolute Gasteiger partial charge is 0.328 e. The Balaban J connectivity index is 2.14. The van der Waals surface area contributed by atoms with Gasteiger partial charge in [-0.3, -0.25) is 15.1 Å². The normalized spacial score (nSPS) is 10.2. The third kappa shape index (κ3) is 3.27. The first-order valence-electron chi connectivity index (χ1n) is 6.00. The van der Waals surface area contributed by atoms with E-state index in [-0.39, 0.29) is 11.9 Å². The average Bonchev–Trinajstić information content (AvgIpc) is 2.82. The van der Waals surface area contributed by atoms with E-state index in [0.717, 1.165) is 18.7 Å². The predicted molar refractivity (Wildman–Crippen MR) is 70.0 cm³/mol. The summed E-state index contributed by atoms with van der Waals surface area (Å²) in [5, 5.41) is 9.31. The van der Waals surface area contributed by atoms with Crippen molar-refractivity contribution in [2.75, 3.05) is 17.2 Å². The van der Waals surface area contributed by atoms with E-state index in [1.807, 2.05) is 0 Å². The van der Waals surface area contributed by atoms with Gasteiger partial charge in [0, 0.05) is 18.9 Å². The maximum Gasteiger partial charge on any atom is 0.328 e. The maximum absolute atomic E-state index is 12.1. The van der Waals surface area contributed by atoms with E-state index in [4.69, 9.17) is 4.52 Å². The zero-order chi connectivity index (χ0) is 13.7. The van der Waals surface area contributed by atoms with Crippen LogP contribution in [0.4, 0.5) is 11.7 Å². The van der Waals surface area contributed by atoms with Crippen LogP contribution in [0.2, 0.25) is 0 Å². The van der Waals surface area contributed by atoms with Crippen molar-refractivity contribution in [3.8, 4) is 0 Å². The molecule has 2 heterocycles. The molecule has 2 N–H and O–H groups in total. The van der Waals surface area contributed by atoms with Crippen LogP contribution in [0.5, 0.6) is 0 Å². The van der Waals surface area contributed by atoms with Crippen molar-refractivity contribution in [2.24, 2.45) is 0 Å². The fourth-order valence-electron chi connectivity index (χ4n) is 1.50. The molecule has 0 aliphatic rings. The summed E-state index contributed by atoms with van der Waals surface area (Å²) in [5.74, 6) is 0.126. The van der Waals surface area contributed by atoms with E-state index in [2.05, 4.69) is 32.7 Å². The van der Waals surface area contributed by atoms with Crippen LogP contribution >= 0.6 is 0 Å². The van der Waals surface area contributed by atoms with Gasteiger partial charge in [0.25, 0.3) is 5.91 Å². The minimum Gasteiger partial charge on any atom is -0.384 e. The Morgan fingerprint density at radius 2 is 2.32 bits per heavy atom. The number of hydrogen-bond acceptors (Lipinski definition) is 6. The van der Waals surface area contributed by atoms with E-state index < -0.39 is 0 Å². The number of anilines is 2. The van der Waals surface area contributed by atoms with Crippen LogP contribution in [-0.2, 0) is 0 Å². The molecule has 2 aromatic rings. The molecular formula is C12H15N5O2. The molecule has 0 spiro atoms. The van der Waals surface area contributed by atoms with Gasteiger partial charge in [0.1, 0.15) is 0 Å². The van der Waals surface area contributed by atoms with Crippen molar-refractivity contribution in [1.29, 1.82) is 0 Å². The Morgan fingerprint density at radius 3 is 3.00 bits per heavy atom. The van der Waals surface area contributed by atoms with Crippen LogP contribution in [0.1, 0.15) is 29.5 Å². The number of rotatable bonds is 5. The second kappa shape index (κ2) is 5.94. The molecule has 0 aliphatic heterocycles. The van der Waals surface area contributed by atoms with E-state index in [1.165, 1.54) is 6.20 Å². The first-order chi connectivity index (χ1) is 9.20. The zero-order valence-corrected chi connectivity index (χ0v) is 10.8. The molecule has 2 rings (SSSR count). The Labute approximate surface area is 110 Å². The van der Waals surface area contributed by atoms with Crippen molar-refractivity contribution in [1.82, 2.24) is 15.1 Å². The second-order valence-corrected chi connectivity index (χ2v) is 3.95. The van der Waals surface area contributed by atoms with Crippen molar-refractivity contribution >= 4 is 17.6 Å². The number of carbonyl (C=O) groups is 1. The lowest BCUT2D eigenvalue weighted by atomic mass is 10.2. The number of carbonyl (C=O) groups excluding carboxylic acids is 1.